The number of nitrogens with one attached hydrogen (secondary N) is 2. The molecule has 0 saturated carbocycles. The summed E-state index contributed by atoms with van der Waals surface area (Å²) in [6.45, 7) is 0.362. The molecule has 0 aliphatic rings. The summed E-state index contributed by atoms with van der Waals surface area (Å²) in [4.78, 5) is 18.3. The lowest BCUT2D eigenvalue weighted by Gasteiger charge is -2.06. The molecule has 3 rings (SSSR count). The maximum absolute atomic E-state index is 10.9. The second kappa shape index (κ2) is 5.29. The monoisotopic (exact) mass is 287 g/mol. The van der Waals surface area contributed by atoms with Crippen molar-refractivity contribution in [2.75, 3.05) is 18.5 Å². The van der Waals surface area contributed by atoms with E-state index in [-0.39, 0.29) is 12.4 Å². The maximum Gasteiger partial charge on any atom is 0.371 e. The zero-order valence-corrected chi connectivity index (χ0v) is 11.0. The number of aliphatic hydroxyl groups excluding tert-OH is 1. The van der Waals surface area contributed by atoms with E-state index in [0.717, 1.165) is 10.9 Å². The van der Waals surface area contributed by atoms with E-state index in [1.807, 2.05) is 6.07 Å². The fraction of sp³-hybridized carbons (Fsp3) is 0.143. The molecule has 4 N–H and O–H groups in total. The Bertz CT molecular complexity index is 790. The van der Waals surface area contributed by atoms with E-state index in [1.54, 1.807) is 18.3 Å². The molecule has 0 radical (unpaired) electrons. The highest BCUT2D eigenvalue weighted by Gasteiger charge is 2.14. The number of carboxylic acid groups (broad SMARTS) is 1. The van der Waals surface area contributed by atoms with E-state index in [0.29, 0.717) is 23.8 Å². The highest BCUT2D eigenvalue weighted by Crippen LogP contribution is 2.31. The summed E-state index contributed by atoms with van der Waals surface area (Å²) in [5.74, 6) is -0.205. The summed E-state index contributed by atoms with van der Waals surface area (Å²) in [5.41, 5.74) is 1.38. The van der Waals surface area contributed by atoms with E-state index in [9.17, 15) is 4.79 Å². The molecule has 21 heavy (non-hydrogen) atoms. The van der Waals surface area contributed by atoms with Crippen LogP contribution in [0.1, 0.15) is 10.6 Å². The molecule has 0 atom stereocenters. The summed E-state index contributed by atoms with van der Waals surface area (Å²) in [6, 6.07) is 6.63. The summed E-state index contributed by atoms with van der Waals surface area (Å²) in [7, 11) is 0. The highest BCUT2D eigenvalue weighted by molar-refractivity contribution is 5.94. The van der Waals surface area contributed by atoms with Crippen LogP contribution in [0.25, 0.3) is 22.4 Å². The molecule has 7 heteroatoms. The van der Waals surface area contributed by atoms with Gasteiger partial charge >= 0.3 is 5.97 Å². The number of furan rings is 1. The zero-order valence-electron chi connectivity index (χ0n) is 11.0. The molecule has 3 heterocycles. The Balaban J connectivity index is 2.10. The number of carboxylic acids is 1. The maximum atomic E-state index is 10.9. The van der Waals surface area contributed by atoms with Crippen molar-refractivity contribution in [1.82, 2.24) is 9.97 Å². The van der Waals surface area contributed by atoms with Gasteiger partial charge in [0.25, 0.3) is 0 Å². The zero-order chi connectivity index (χ0) is 14.8. The van der Waals surface area contributed by atoms with E-state index in [4.69, 9.17) is 14.6 Å². The number of pyridine rings is 1. The van der Waals surface area contributed by atoms with Crippen LogP contribution in [0.2, 0.25) is 0 Å². The molecule has 3 aromatic heterocycles. The summed E-state index contributed by atoms with van der Waals surface area (Å²) in [5, 5.41) is 21.6. The van der Waals surface area contributed by atoms with Crippen molar-refractivity contribution in [1.29, 1.82) is 0 Å². The number of H-pyrrole nitrogens is 1. The van der Waals surface area contributed by atoms with Gasteiger partial charge in [0, 0.05) is 23.7 Å². The molecule has 0 bridgehead atoms. The van der Waals surface area contributed by atoms with Crippen LogP contribution in [0.3, 0.4) is 0 Å². The molecule has 3 aromatic rings. The van der Waals surface area contributed by atoms with Crippen LogP contribution in [-0.2, 0) is 0 Å². The van der Waals surface area contributed by atoms with Gasteiger partial charge in [-0.2, -0.15) is 0 Å². The van der Waals surface area contributed by atoms with Crippen LogP contribution in [0.5, 0.6) is 0 Å². The van der Waals surface area contributed by atoms with Crippen molar-refractivity contribution < 1.29 is 19.4 Å². The van der Waals surface area contributed by atoms with Crippen LogP contribution >= 0.6 is 0 Å². The number of nitrogens with zero attached hydrogens (tertiary/aromatic N) is 1. The number of aliphatic hydroxyl groups is 1. The lowest BCUT2D eigenvalue weighted by atomic mass is 10.1. The highest BCUT2D eigenvalue weighted by atomic mass is 16.4. The number of anilines is 1. The lowest BCUT2D eigenvalue weighted by Crippen LogP contribution is -2.07. The molecule has 0 aromatic carbocycles. The molecule has 7 nitrogen and oxygen atoms in total. The Labute approximate surface area is 119 Å². The van der Waals surface area contributed by atoms with Crippen molar-refractivity contribution in [3.8, 4) is 11.3 Å². The van der Waals surface area contributed by atoms with Crippen LogP contribution in [0.15, 0.2) is 34.9 Å². The number of fused-ring (bicyclic) bond motifs is 1. The second-order valence-corrected chi connectivity index (χ2v) is 4.41. The molecule has 0 fully saturated rings. The number of aromatic carboxylic acids is 1. The Hall–Kier alpha value is -2.80. The third-order valence-electron chi connectivity index (χ3n) is 3.03. The molecule has 0 unspecified atom stereocenters. The molecule has 0 aliphatic carbocycles. The van der Waals surface area contributed by atoms with Gasteiger partial charge in [0.15, 0.2) is 0 Å². The van der Waals surface area contributed by atoms with Crippen LogP contribution in [0, 0.1) is 0 Å². The largest absolute Gasteiger partial charge is 0.475 e. The SMILES string of the molecule is O=C(O)c1ccc(-c2cc(NCCO)nc3[nH]ccc23)o1. The van der Waals surface area contributed by atoms with Gasteiger partial charge in [0.1, 0.15) is 17.2 Å². The van der Waals surface area contributed by atoms with Gasteiger partial charge in [0.05, 0.1) is 6.61 Å². The summed E-state index contributed by atoms with van der Waals surface area (Å²) < 4.78 is 5.35. The van der Waals surface area contributed by atoms with Crippen LogP contribution < -0.4 is 5.32 Å². The predicted molar refractivity (Wildman–Crippen MR) is 76.3 cm³/mol. The fourth-order valence-electron chi connectivity index (χ4n) is 2.11. The van der Waals surface area contributed by atoms with Gasteiger partial charge < -0.3 is 24.9 Å². The first-order chi connectivity index (χ1) is 10.2. The number of hydrogen-bond donors (Lipinski definition) is 4. The average molecular weight is 287 g/mol. The van der Waals surface area contributed by atoms with E-state index in [2.05, 4.69) is 15.3 Å². The number of rotatable bonds is 5. The van der Waals surface area contributed by atoms with Crippen molar-refractivity contribution >= 4 is 22.8 Å². The van der Waals surface area contributed by atoms with Gasteiger partial charge in [-0.3, -0.25) is 0 Å². The van der Waals surface area contributed by atoms with E-state index in [1.165, 1.54) is 6.07 Å². The van der Waals surface area contributed by atoms with Gasteiger partial charge in [-0.1, -0.05) is 0 Å². The number of carbonyl (C=O) groups is 1. The van der Waals surface area contributed by atoms with Gasteiger partial charge in [-0.15, -0.1) is 0 Å². The standard InChI is InChI=1S/C14H13N3O4/c18-6-5-15-12-7-9(8-3-4-16-13(8)17-12)10-1-2-11(21-10)14(19)20/h1-4,7,18H,5-6H2,(H,19,20)(H2,15,16,17). The van der Waals surface area contributed by atoms with E-state index >= 15 is 0 Å². The smallest absolute Gasteiger partial charge is 0.371 e. The van der Waals surface area contributed by atoms with Gasteiger partial charge in [0.2, 0.25) is 5.76 Å². The third kappa shape index (κ3) is 2.46. The Morgan fingerprint density at radius 2 is 2.24 bits per heavy atom. The average Bonchev–Trinajstić information content (AvgIpc) is 3.12. The fourth-order valence-corrected chi connectivity index (χ4v) is 2.11. The number of aromatic nitrogens is 2. The van der Waals surface area contributed by atoms with Gasteiger partial charge in [-0.25, -0.2) is 9.78 Å². The minimum Gasteiger partial charge on any atom is -0.475 e. The predicted octanol–water partition coefficient (Wildman–Crippen LogP) is 1.93. The molecule has 0 saturated heterocycles. The van der Waals surface area contributed by atoms with Crippen molar-refractivity contribution in [3.05, 3.63) is 36.2 Å². The van der Waals surface area contributed by atoms with Crippen molar-refractivity contribution in [2.45, 2.75) is 0 Å². The first kappa shape index (κ1) is 13.2. The summed E-state index contributed by atoms with van der Waals surface area (Å²) >= 11 is 0. The molecule has 0 spiro atoms. The quantitative estimate of drug-likeness (QED) is 0.570. The third-order valence-corrected chi connectivity index (χ3v) is 3.03. The number of hydrogen-bond acceptors (Lipinski definition) is 5. The van der Waals surface area contributed by atoms with E-state index < -0.39 is 5.97 Å². The van der Waals surface area contributed by atoms with Crippen LogP contribution in [-0.4, -0.2) is 39.3 Å². The number of aromatic amines is 1. The summed E-state index contributed by atoms with van der Waals surface area (Å²) in [6.07, 6.45) is 1.75. The molecular weight excluding hydrogens is 274 g/mol. The first-order valence-corrected chi connectivity index (χ1v) is 6.35. The molecule has 0 aliphatic heterocycles. The normalized spacial score (nSPS) is 10.9. The topological polar surface area (TPSA) is 111 Å². The Kier molecular flexibility index (Phi) is 3.33. The minimum atomic E-state index is -1.11. The van der Waals surface area contributed by atoms with Crippen molar-refractivity contribution in [3.63, 3.8) is 0 Å². The minimum absolute atomic E-state index is 0.0102. The first-order valence-electron chi connectivity index (χ1n) is 6.35. The van der Waals surface area contributed by atoms with Crippen molar-refractivity contribution in [2.24, 2.45) is 0 Å². The second-order valence-electron chi connectivity index (χ2n) is 4.41. The molecule has 0 amide bonds. The van der Waals surface area contributed by atoms with Gasteiger partial charge in [-0.05, 0) is 24.3 Å². The Morgan fingerprint density at radius 1 is 1.38 bits per heavy atom. The Morgan fingerprint density at radius 3 is 2.95 bits per heavy atom. The molecular formula is C14H13N3O4. The lowest BCUT2D eigenvalue weighted by molar-refractivity contribution is 0.0663. The molecule has 108 valence electrons. The van der Waals surface area contributed by atoms with Crippen LogP contribution in [0.4, 0.5) is 5.82 Å².